The summed E-state index contributed by atoms with van der Waals surface area (Å²) in [7, 11) is -3.77. The van der Waals surface area contributed by atoms with Gasteiger partial charge in [-0.3, -0.25) is 0 Å². The van der Waals surface area contributed by atoms with Crippen LogP contribution in [0.15, 0.2) is 34.0 Å². The number of anilines is 1. The molecule has 7 nitrogen and oxygen atoms in total. The first-order chi connectivity index (χ1) is 8.90. The summed E-state index contributed by atoms with van der Waals surface area (Å²) in [5.41, 5.74) is 5.60. The van der Waals surface area contributed by atoms with Gasteiger partial charge in [-0.05, 0) is 28.9 Å². The molecule has 0 fully saturated rings. The van der Waals surface area contributed by atoms with Crippen molar-refractivity contribution in [2.75, 3.05) is 5.73 Å². The van der Waals surface area contributed by atoms with Crippen molar-refractivity contribution in [1.82, 2.24) is 19.7 Å². The monoisotopic (exact) mass is 345 g/mol. The van der Waals surface area contributed by atoms with Crippen molar-refractivity contribution in [1.29, 1.82) is 0 Å². The molecule has 1 atom stereocenters. The highest BCUT2D eigenvalue weighted by Crippen LogP contribution is 2.22. The third kappa shape index (κ3) is 3.11. The number of halogens is 1. The number of rotatable bonds is 4. The highest BCUT2D eigenvalue weighted by molar-refractivity contribution is 9.10. The Morgan fingerprint density at radius 1 is 1.47 bits per heavy atom. The van der Waals surface area contributed by atoms with Crippen LogP contribution >= 0.6 is 15.9 Å². The summed E-state index contributed by atoms with van der Waals surface area (Å²) in [6.07, 6.45) is 4.61. The van der Waals surface area contributed by atoms with Crippen LogP contribution in [0, 0.1) is 0 Å². The van der Waals surface area contributed by atoms with E-state index in [0.29, 0.717) is 10.3 Å². The molecule has 9 heteroatoms. The third-order valence-electron chi connectivity index (χ3n) is 2.40. The highest BCUT2D eigenvalue weighted by Gasteiger charge is 2.22. The Bertz CT molecular complexity index is 671. The summed E-state index contributed by atoms with van der Waals surface area (Å²) in [4.78, 5) is 10.6. The lowest BCUT2D eigenvalue weighted by Gasteiger charge is -2.13. The van der Waals surface area contributed by atoms with Crippen molar-refractivity contribution < 1.29 is 8.42 Å². The van der Waals surface area contributed by atoms with Gasteiger partial charge in [-0.1, -0.05) is 0 Å². The van der Waals surface area contributed by atoms with Crippen LogP contribution in [0.3, 0.4) is 0 Å². The average Bonchev–Trinajstić information content (AvgIpc) is 2.85. The predicted molar refractivity (Wildman–Crippen MR) is 73.7 cm³/mol. The van der Waals surface area contributed by atoms with E-state index in [1.54, 1.807) is 19.3 Å². The Balaban J connectivity index is 2.30. The molecule has 0 aromatic carbocycles. The second-order valence-corrected chi connectivity index (χ2v) is 6.45. The molecule has 0 saturated carbocycles. The lowest BCUT2D eigenvalue weighted by molar-refractivity contribution is 0.561. The SMILES string of the molecule is CC(NS(=O)(=O)c1cc(Br)cnc1N)c1ncc[nH]1. The van der Waals surface area contributed by atoms with Gasteiger partial charge < -0.3 is 10.7 Å². The van der Waals surface area contributed by atoms with Crippen LogP contribution in [0.25, 0.3) is 0 Å². The molecule has 0 aliphatic carbocycles. The Hall–Kier alpha value is -1.45. The van der Waals surface area contributed by atoms with E-state index in [-0.39, 0.29) is 10.7 Å². The number of imidazole rings is 1. The highest BCUT2D eigenvalue weighted by atomic mass is 79.9. The van der Waals surface area contributed by atoms with E-state index in [1.165, 1.54) is 12.3 Å². The van der Waals surface area contributed by atoms with Crippen LogP contribution in [0.1, 0.15) is 18.8 Å². The second-order valence-electron chi connectivity index (χ2n) is 3.85. The Labute approximate surface area is 118 Å². The summed E-state index contributed by atoms with van der Waals surface area (Å²) < 4.78 is 27.4. The number of nitrogens with one attached hydrogen (secondary N) is 2. The fourth-order valence-electron chi connectivity index (χ4n) is 1.51. The normalized spacial score (nSPS) is 13.4. The molecule has 0 amide bonds. The van der Waals surface area contributed by atoms with E-state index < -0.39 is 16.1 Å². The number of nitrogen functional groups attached to an aromatic ring is 1. The van der Waals surface area contributed by atoms with Gasteiger partial charge in [-0.15, -0.1) is 0 Å². The van der Waals surface area contributed by atoms with Gasteiger partial charge in [0.15, 0.2) is 0 Å². The molecule has 2 aromatic heterocycles. The number of H-pyrrole nitrogens is 1. The molecule has 2 rings (SSSR count). The van der Waals surface area contributed by atoms with Gasteiger partial charge in [-0.2, -0.15) is 0 Å². The van der Waals surface area contributed by atoms with Crippen LogP contribution in [0.2, 0.25) is 0 Å². The number of nitrogens with zero attached hydrogens (tertiary/aromatic N) is 2. The summed E-state index contributed by atoms with van der Waals surface area (Å²) >= 11 is 3.16. The first kappa shape index (κ1) is 14.0. The van der Waals surface area contributed by atoms with Crippen LogP contribution in [0.5, 0.6) is 0 Å². The average molecular weight is 346 g/mol. The summed E-state index contributed by atoms with van der Waals surface area (Å²) in [5, 5.41) is 0. The van der Waals surface area contributed by atoms with Gasteiger partial charge in [0, 0.05) is 23.1 Å². The maximum atomic E-state index is 12.2. The Morgan fingerprint density at radius 2 is 2.21 bits per heavy atom. The molecule has 0 aliphatic heterocycles. The molecule has 0 bridgehead atoms. The largest absolute Gasteiger partial charge is 0.383 e. The van der Waals surface area contributed by atoms with Gasteiger partial charge >= 0.3 is 0 Å². The molecule has 1 unspecified atom stereocenters. The molecule has 2 heterocycles. The number of nitrogens with two attached hydrogens (primary N) is 1. The smallest absolute Gasteiger partial charge is 0.244 e. The quantitative estimate of drug-likeness (QED) is 0.769. The van der Waals surface area contributed by atoms with E-state index in [2.05, 4.69) is 35.6 Å². The van der Waals surface area contributed by atoms with Crippen LogP contribution in [0.4, 0.5) is 5.82 Å². The second kappa shape index (κ2) is 5.27. The number of hydrogen-bond donors (Lipinski definition) is 3. The van der Waals surface area contributed by atoms with E-state index in [1.807, 2.05) is 0 Å². The minimum atomic E-state index is -3.77. The fourth-order valence-corrected chi connectivity index (χ4v) is 3.31. The molecule has 0 saturated heterocycles. The van der Waals surface area contributed by atoms with Gasteiger partial charge in [0.25, 0.3) is 0 Å². The van der Waals surface area contributed by atoms with Gasteiger partial charge in [0.05, 0.1) is 6.04 Å². The van der Waals surface area contributed by atoms with Crippen molar-refractivity contribution in [3.63, 3.8) is 0 Å². The van der Waals surface area contributed by atoms with E-state index in [4.69, 9.17) is 5.73 Å². The van der Waals surface area contributed by atoms with Crippen molar-refractivity contribution in [3.8, 4) is 0 Å². The van der Waals surface area contributed by atoms with Crippen molar-refractivity contribution in [2.24, 2.45) is 0 Å². The number of sulfonamides is 1. The van der Waals surface area contributed by atoms with E-state index in [0.717, 1.165) is 0 Å². The van der Waals surface area contributed by atoms with Crippen LogP contribution < -0.4 is 10.5 Å². The van der Waals surface area contributed by atoms with Gasteiger partial charge in [0.1, 0.15) is 16.5 Å². The third-order valence-corrected chi connectivity index (χ3v) is 4.40. The zero-order valence-electron chi connectivity index (χ0n) is 9.96. The molecule has 19 heavy (non-hydrogen) atoms. The summed E-state index contributed by atoms with van der Waals surface area (Å²) in [6, 6.07) is 0.901. The topological polar surface area (TPSA) is 114 Å². The maximum Gasteiger partial charge on any atom is 0.244 e. The molecule has 102 valence electrons. The maximum absolute atomic E-state index is 12.2. The number of pyridine rings is 1. The standard InChI is InChI=1S/C10H12BrN5O2S/c1-6(10-13-2-3-14-10)16-19(17,18)8-4-7(11)5-15-9(8)12/h2-6,16H,1H3,(H2,12,15)(H,13,14). The zero-order chi connectivity index (χ0) is 14.0. The molecule has 2 aromatic rings. The molecule has 0 radical (unpaired) electrons. The van der Waals surface area contributed by atoms with Crippen molar-refractivity contribution in [3.05, 3.63) is 35.0 Å². The minimum absolute atomic E-state index is 0.0534. The van der Waals surface area contributed by atoms with Gasteiger partial charge in [0.2, 0.25) is 10.0 Å². The lowest BCUT2D eigenvalue weighted by atomic mass is 10.3. The van der Waals surface area contributed by atoms with E-state index >= 15 is 0 Å². The van der Waals surface area contributed by atoms with Crippen molar-refractivity contribution in [2.45, 2.75) is 17.9 Å². The van der Waals surface area contributed by atoms with E-state index in [9.17, 15) is 8.42 Å². The Morgan fingerprint density at radius 3 is 2.84 bits per heavy atom. The predicted octanol–water partition coefficient (Wildman–Crippen LogP) is 1.19. The van der Waals surface area contributed by atoms with Crippen LogP contribution in [-0.2, 0) is 10.0 Å². The van der Waals surface area contributed by atoms with Crippen molar-refractivity contribution >= 4 is 31.8 Å². The zero-order valence-corrected chi connectivity index (χ0v) is 12.4. The minimum Gasteiger partial charge on any atom is -0.383 e. The Kier molecular flexibility index (Phi) is 3.88. The molecule has 0 aliphatic rings. The fraction of sp³-hybridized carbons (Fsp3) is 0.200. The first-order valence-corrected chi connectivity index (χ1v) is 7.60. The molecule has 0 spiro atoms. The van der Waals surface area contributed by atoms with Crippen LogP contribution in [-0.4, -0.2) is 23.4 Å². The van der Waals surface area contributed by atoms with Gasteiger partial charge in [-0.25, -0.2) is 23.1 Å². The summed E-state index contributed by atoms with van der Waals surface area (Å²) in [5.74, 6) is 0.465. The summed E-state index contributed by atoms with van der Waals surface area (Å²) in [6.45, 7) is 1.68. The number of aromatic nitrogens is 3. The molecular weight excluding hydrogens is 334 g/mol. The molecule has 4 N–H and O–H groups in total. The lowest BCUT2D eigenvalue weighted by Crippen LogP contribution is -2.28. The number of aromatic amines is 1. The first-order valence-electron chi connectivity index (χ1n) is 5.33. The molecular formula is C10H12BrN5O2S. The number of hydrogen-bond acceptors (Lipinski definition) is 5.